The fourth-order valence-electron chi connectivity index (χ4n) is 1.31. The zero-order valence-electron chi connectivity index (χ0n) is 9.59. The van der Waals surface area contributed by atoms with E-state index in [9.17, 15) is 27.3 Å². The molecule has 6 nitrogen and oxygen atoms in total. The van der Waals surface area contributed by atoms with E-state index in [4.69, 9.17) is 0 Å². The molecule has 0 aliphatic rings. The Labute approximate surface area is 116 Å². The second kappa shape index (κ2) is 5.88. The molecule has 0 atom stereocenters. The second-order valence-corrected chi connectivity index (χ2v) is 6.47. The summed E-state index contributed by atoms with van der Waals surface area (Å²) in [6.07, 6.45) is -2.87. The van der Waals surface area contributed by atoms with Crippen molar-refractivity contribution in [3.05, 3.63) is 32.8 Å². The van der Waals surface area contributed by atoms with Crippen LogP contribution in [0.25, 0.3) is 0 Å². The van der Waals surface area contributed by atoms with Gasteiger partial charge >= 0.3 is 0 Å². The largest absolute Gasteiger partial charge is 0.289 e. The molecule has 0 aliphatic carbocycles. The average molecular weight is 359 g/mol. The topological polar surface area (TPSA) is 80.5 Å². The van der Waals surface area contributed by atoms with Crippen molar-refractivity contribution in [3.8, 4) is 0 Å². The van der Waals surface area contributed by atoms with E-state index in [0.717, 1.165) is 19.2 Å². The van der Waals surface area contributed by atoms with Crippen LogP contribution in [0.5, 0.6) is 0 Å². The normalized spacial score (nSPS) is 12.1. The molecule has 0 saturated carbocycles. The number of nitro benzene ring substituents is 1. The molecule has 0 N–H and O–H groups in total. The minimum atomic E-state index is -4.35. The summed E-state index contributed by atoms with van der Waals surface area (Å²) in [5.74, 6) is 0. The van der Waals surface area contributed by atoms with Crippen molar-refractivity contribution in [3.63, 3.8) is 0 Å². The molecule has 0 spiro atoms. The van der Waals surface area contributed by atoms with Gasteiger partial charge in [-0.05, 0) is 12.1 Å². The van der Waals surface area contributed by atoms with Crippen molar-refractivity contribution >= 4 is 31.6 Å². The molecule has 0 saturated heterocycles. The summed E-state index contributed by atoms with van der Waals surface area (Å²) >= 11 is 2.98. The Balaban J connectivity index is 3.35. The van der Waals surface area contributed by atoms with Gasteiger partial charge in [0.15, 0.2) is 4.90 Å². The van der Waals surface area contributed by atoms with Crippen molar-refractivity contribution in [2.24, 2.45) is 0 Å². The maximum atomic E-state index is 12.2. The van der Waals surface area contributed by atoms with Crippen LogP contribution in [0.1, 0.15) is 0 Å². The van der Waals surface area contributed by atoms with Gasteiger partial charge in [0.2, 0.25) is 10.0 Å². The van der Waals surface area contributed by atoms with E-state index in [1.165, 1.54) is 6.07 Å². The molecule has 10 heteroatoms. The van der Waals surface area contributed by atoms with Gasteiger partial charge in [-0.25, -0.2) is 17.2 Å². The molecule has 19 heavy (non-hydrogen) atoms. The van der Waals surface area contributed by atoms with Gasteiger partial charge in [0.1, 0.15) is 0 Å². The third kappa shape index (κ3) is 3.67. The monoisotopic (exact) mass is 358 g/mol. The molecule has 1 aromatic carbocycles. The van der Waals surface area contributed by atoms with E-state index in [1.54, 1.807) is 0 Å². The standard InChI is InChI=1S/C9H9BrF2N2O4S/c1-13(5-9(11)12)19(17,18)8-4-6(10)2-3-7(8)14(15)16/h2-4,9H,5H2,1H3. The van der Waals surface area contributed by atoms with Crippen LogP contribution in [0.2, 0.25) is 0 Å². The molecule has 1 aromatic rings. The summed E-state index contributed by atoms with van der Waals surface area (Å²) in [4.78, 5) is 9.27. The summed E-state index contributed by atoms with van der Waals surface area (Å²) in [5.41, 5.74) is -0.663. The predicted molar refractivity (Wildman–Crippen MR) is 66.6 cm³/mol. The van der Waals surface area contributed by atoms with Gasteiger partial charge in [-0.2, -0.15) is 4.31 Å². The summed E-state index contributed by atoms with van der Waals surface area (Å²) in [7, 11) is -3.41. The zero-order chi connectivity index (χ0) is 14.8. The van der Waals surface area contributed by atoms with Gasteiger partial charge < -0.3 is 0 Å². The quantitative estimate of drug-likeness (QED) is 0.597. The molecule has 106 valence electrons. The number of benzene rings is 1. The first kappa shape index (κ1) is 15.9. The lowest BCUT2D eigenvalue weighted by molar-refractivity contribution is -0.387. The molecule has 1 rings (SSSR count). The lowest BCUT2D eigenvalue weighted by Crippen LogP contribution is -2.31. The Bertz CT molecular complexity index is 594. The highest BCUT2D eigenvalue weighted by atomic mass is 79.9. The maximum absolute atomic E-state index is 12.2. The van der Waals surface area contributed by atoms with Crippen LogP contribution < -0.4 is 0 Å². The molecular formula is C9H9BrF2N2O4S. The summed E-state index contributed by atoms with van der Waals surface area (Å²) < 4.78 is 49.1. The van der Waals surface area contributed by atoms with Gasteiger partial charge in [0.05, 0.1) is 11.5 Å². The Morgan fingerprint density at radius 3 is 2.53 bits per heavy atom. The van der Waals surface area contributed by atoms with Crippen molar-refractivity contribution in [2.75, 3.05) is 13.6 Å². The number of rotatable bonds is 5. The number of sulfonamides is 1. The van der Waals surface area contributed by atoms with Gasteiger partial charge in [0, 0.05) is 17.6 Å². The first-order valence-corrected chi connectivity index (χ1v) is 7.08. The average Bonchev–Trinajstić information content (AvgIpc) is 2.27. The molecule has 0 amide bonds. The van der Waals surface area contributed by atoms with Crippen LogP contribution >= 0.6 is 15.9 Å². The SMILES string of the molecule is CN(CC(F)F)S(=O)(=O)c1cc(Br)ccc1[N+](=O)[O-]. The highest BCUT2D eigenvalue weighted by Crippen LogP contribution is 2.29. The number of hydrogen-bond acceptors (Lipinski definition) is 4. The summed E-state index contributed by atoms with van der Waals surface area (Å²) in [6.45, 7) is -1.04. The maximum Gasteiger partial charge on any atom is 0.289 e. The van der Waals surface area contributed by atoms with E-state index in [1.807, 2.05) is 0 Å². The van der Waals surface area contributed by atoms with Crippen molar-refractivity contribution in [1.82, 2.24) is 4.31 Å². The molecular weight excluding hydrogens is 350 g/mol. The zero-order valence-corrected chi connectivity index (χ0v) is 12.0. The van der Waals surface area contributed by atoms with Gasteiger partial charge in [-0.15, -0.1) is 0 Å². The van der Waals surface area contributed by atoms with Gasteiger partial charge in [0.25, 0.3) is 12.1 Å². The van der Waals surface area contributed by atoms with Crippen molar-refractivity contribution in [1.29, 1.82) is 0 Å². The van der Waals surface area contributed by atoms with Crippen LogP contribution in [-0.2, 0) is 10.0 Å². The first-order chi connectivity index (χ1) is 8.66. The molecule has 0 aliphatic heterocycles. The van der Waals surface area contributed by atoms with Crippen LogP contribution in [0.3, 0.4) is 0 Å². The van der Waals surface area contributed by atoms with Crippen molar-refractivity contribution in [2.45, 2.75) is 11.3 Å². The van der Waals surface area contributed by atoms with E-state index in [-0.39, 0.29) is 0 Å². The minimum absolute atomic E-state index is 0.294. The second-order valence-electron chi connectivity index (χ2n) is 3.55. The Morgan fingerprint density at radius 2 is 2.05 bits per heavy atom. The van der Waals surface area contributed by atoms with Crippen LogP contribution in [0.4, 0.5) is 14.5 Å². The fourth-order valence-corrected chi connectivity index (χ4v) is 3.15. The Kier molecular flexibility index (Phi) is 4.93. The van der Waals surface area contributed by atoms with Gasteiger partial charge in [-0.3, -0.25) is 10.1 Å². The van der Waals surface area contributed by atoms with Crippen molar-refractivity contribution < 1.29 is 22.1 Å². The summed E-state index contributed by atoms with van der Waals surface area (Å²) in [5, 5.41) is 10.8. The van der Waals surface area contributed by atoms with E-state index in [2.05, 4.69) is 15.9 Å². The molecule has 0 radical (unpaired) electrons. The smallest absolute Gasteiger partial charge is 0.258 e. The molecule has 0 fully saturated rings. The van der Waals surface area contributed by atoms with E-state index in [0.29, 0.717) is 8.78 Å². The number of hydrogen-bond donors (Lipinski definition) is 0. The molecule has 0 bridgehead atoms. The number of halogens is 3. The lowest BCUT2D eigenvalue weighted by Gasteiger charge is -2.16. The van der Waals surface area contributed by atoms with Crippen LogP contribution in [0.15, 0.2) is 27.6 Å². The number of nitro groups is 1. The highest BCUT2D eigenvalue weighted by Gasteiger charge is 2.31. The van der Waals surface area contributed by atoms with E-state index >= 15 is 0 Å². The molecule has 0 unspecified atom stereocenters. The lowest BCUT2D eigenvalue weighted by atomic mass is 10.3. The number of alkyl halides is 2. The minimum Gasteiger partial charge on any atom is -0.258 e. The number of nitrogens with zero attached hydrogens (tertiary/aromatic N) is 2. The summed E-state index contributed by atoms with van der Waals surface area (Å²) in [6, 6.07) is 3.30. The molecule has 0 aromatic heterocycles. The third-order valence-corrected chi connectivity index (χ3v) is 4.55. The Morgan fingerprint density at radius 1 is 1.47 bits per heavy atom. The van der Waals surface area contributed by atoms with Gasteiger partial charge in [-0.1, -0.05) is 15.9 Å². The highest BCUT2D eigenvalue weighted by molar-refractivity contribution is 9.10. The third-order valence-electron chi connectivity index (χ3n) is 2.20. The predicted octanol–water partition coefficient (Wildman–Crippen LogP) is 2.24. The fraction of sp³-hybridized carbons (Fsp3) is 0.333. The van der Waals surface area contributed by atoms with E-state index < -0.39 is 38.5 Å². The van der Waals surface area contributed by atoms with Crippen LogP contribution in [0, 0.1) is 10.1 Å². The van der Waals surface area contributed by atoms with Crippen LogP contribution in [-0.4, -0.2) is 37.7 Å². The molecule has 0 heterocycles. The first-order valence-electron chi connectivity index (χ1n) is 4.84. The Hall–Kier alpha value is -1.13.